The fraction of sp³-hybridized carbons (Fsp3) is 0.345. The Morgan fingerprint density at radius 1 is 0.976 bits per heavy atom. The van der Waals surface area contributed by atoms with Gasteiger partial charge in [0, 0.05) is 18.7 Å². The second-order valence-electron chi connectivity index (χ2n) is 10.1. The van der Waals surface area contributed by atoms with Gasteiger partial charge in [-0.05, 0) is 68.5 Å². The molecule has 5 rings (SSSR count). The summed E-state index contributed by atoms with van der Waals surface area (Å²) in [5, 5.41) is 3.03. The van der Waals surface area contributed by atoms with Crippen LogP contribution in [-0.4, -0.2) is 27.9 Å². The van der Waals surface area contributed by atoms with Crippen LogP contribution < -0.4 is 26.8 Å². The van der Waals surface area contributed by atoms with E-state index in [9.17, 15) is 22.8 Å². The van der Waals surface area contributed by atoms with Crippen molar-refractivity contribution in [3.63, 3.8) is 0 Å². The molecule has 1 fully saturated rings. The average Bonchev–Trinajstić information content (AvgIpc) is 3.77. The summed E-state index contributed by atoms with van der Waals surface area (Å²) in [4.78, 5) is 41.7. The Kier molecular flexibility index (Phi) is 7.37. The molecule has 2 aromatic carbocycles. The monoisotopic (exact) mass is 581 g/mol. The van der Waals surface area contributed by atoms with Gasteiger partial charge in [-0.1, -0.05) is 26.0 Å². The van der Waals surface area contributed by atoms with Gasteiger partial charge < -0.3 is 5.32 Å². The molecule has 4 aromatic rings. The summed E-state index contributed by atoms with van der Waals surface area (Å²) in [5.74, 6) is -0.634. The number of nitrogens with one attached hydrogen (secondary N) is 2. The van der Waals surface area contributed by atoms with Gasteiger partial charge in [0.25, 0.3) is 11.1 Å². The number of benzene rings is 2. The first-order valence-electron chi connectivity index (χ1n) is 13.6. The van der Waals surface area contributed by atoms with E-state index >= 15 is 4.39 Å². The lowest BCUT2D eigenvalue weighted by molar-refractivity contribution is 0.602. The summed E-state index contributed by atoms with van der Waals surface area (Å²) >= 11 is 0. The molecule has 0 aliphatic heterocycles. The number of rotatable bonds is 9. The molecular weight excluding hydrogens is 549 g/mol. The molecule has 0 spiro atoms. The number of hydrogen-bond donors (Lipinski definition) is 2. The number of hydrogen-bond acceptors (Lipinski definition) is 6. The second-order valence-corrected chi connectivity index (χ2v) is 12.2. The Hall–Kier alpha value is -4.19. The number of halogens is 1. The molecule has 216 valence electrons. The molecule has 0 atom stereocenters. The van der Waals surface area contributed by atoms with Crippen molar-refractivity contribution in [1.82, 2.24) is 13.7 Å². The molecule has 0 bridgehead atoms. The van der Waals surface area contributed by atoms with Gasteiger partial charge >= 0.3 is 5.69 Å². The average molecular weight is 582 g/mol. The maximum absolute atomic E-state index is 15.1. The number of anilines is 3. The first-order valence-corrected chi connectivity index (χ1v) is 15.3. The van der Waals surface area contributed by atoms with Crippen molar-refractivity contribution < 1.29 is 12.8 Å². The van der Waals surface area contributed by atoms with Crippen LogP contribution in [0, 0.1) is 5.82 Å². The van der Waals surface area contributed by atoms with Crippen molar-refractivity contribution in [2.24, 2.45) is 7.05 Å². The van der Waals surface area contributed by atoms with Crippen LogP contribution in [0.4, 0.5) is 21.6 Å². The number of nitrogens with zero attached hydrogens (tertiary/aromatic N) is 3. The van der Waals surface area contributed by atoms with Crippen LogP contribution in [0.2, 0.25) is 0 Å². The van der Waals surface area contributed by atoms with Crippen LogP contribution in [-0.2, 0) is 29.9 Å². The Morgan fingerprint density at radius 2 is 1.71 bits per heavy atom. The smallest absolute Gasteiger partial charge is 0.336 e. The lowest BCUT2D eigenvalue weighted by Crippen LogP contribution is -2.41. The van der Waals surface area contributed by atoms with Crippen LogP contribution in [0.1, 0.15) is 50.8 Å². The molecule has 1 aliphatic carbocycles. The van der Waals surface area contributed by atoms with E-state index in [1.165, 1.54) is 39.8 Å². The van der Waals surface area contributed by atoms with E-state index in [1.54, 1.807) is 37.3 Å². The molecule has 2 heterocycles. The van der Waals surface area contributed by atoms with Gasteiger partial charge in [0.1, 0.15) is 17.0 Å². The van der Waals surface area contributed by atoms with Crippen molar-refractivity contribution in [2.75, 3.05) is 15.8 Å². The minimum Gasteiger partial charge on any atom is -0.338 e. The summed E-state index contributed by atoms with van der Waals surface area (Å²) in [6, 6.07) is 10.6. The highest BCUT2D eigenvalue weighted by molar-refractivity contribution is 7.92. The fourth-order valence-corrected chi connectivity index (χ4v) is 5.65. The molecule has 2 aromatic heterocycles. The molecule has 41 heavy (non-hydrogen) atoms. The molecule has 12 heteroatoms. The molecule has 0 amide bonds. The maximum Gasteiger partial charge on any atom is 0.336 e. The van der Waals surface area contributed by atoms with Crippen molar-refractivity contribution in [3.8, 4) is 5.69 Å². The largest absolute Gasteiger partial charge is 0.338 e. The number of sulfonamides is 1. The summed E-state index contributed by atoms with van der Waals surface area (Å²) in [6.45, 7) is 5.16. The Bertz CT molecular complexity index is 1970. The van der Waals surface area contributed by atoms with Gasteiger partial charge in [-0.15, -0.1) is 0 Å². The maximum atomic E-state index is 15.1. The first-order chi connectivity index (χ1) is 19.5. The predicted molar refractivity (Wildman–Crippen MR) is 159 cm³/mol. The highest BCUT2D eigenvalue weighted by atomic mass is 32.2. The first kappa shape index (κ1) is 28.3. The Balaban J connectivity index is 1.88. The van der Waals surface area contributed by atoms with E-state index in [4.69, 9.17) is 0 Å². The van der Waals surface area contributed by atoms with E-state index in [2.05, 4.69) is 10.0 Å². The summed E-state index contributed by atoms with van der Waals surface area (Å²) < 4.78 is 45.8. The molecule has 0 unspecified atom stereocenters. The van der Waals surface area contributed by atoms with Crippen molar-refractivity contribution in [2.45, 2.75) is 52.5 Å². The molecule has 2 N–H and O–H groups in total. The van der Waals surface area contributed by atoms with Gasteiger partial charge in [0.15, 0.2) is 0 Å². The van der Waals surface area contributed by atoms with Crippen molar-refractivity contribution in [3.05, 3.63) is 90.6 Å². The van der Waals surface area contributed by atoms with Crippen LogP contribution >= 0.6 is 0 Å². The van der Waals surface area contributed by atoms with Crippen LogP contribution in [0.5, 0.6) is 0 Å². The van der Waals surface area contributed by atoms with Gasteiger partial charge in [-0.25, -0.2) is 17.6 Å². The van der Waals surface area contributed by atoms with Gasteiger partial charge in [-0.2, -0.15) is 0 Å². The number of pyridine rings is 1. The summed E-state index contributed by atoms with van der Waals surface area (Å²) in [7, 11) is -2.11. The topological polar surface area (TPSA) is 124 Å². The third-order valence-electron chi connectivity index (χ3n) is 7.43. The van der Waals surface area contributed by atoms with Crippen molar-refractivity contribution in [1.29, 1.82) is 0 Å². The Morgan fingerprint density at radius 3 is 2.32 bits per heavy atom. The van der Waals surface area contributed by atoms with Gasteiger partial charge in [0.05, 0.1) is 28.3 Å². The van der Waals surface area contributed by atoms with E-state index < -0.39 is 32.6 Å². The van der Waals surface area contributed by atoms with E-state index in [0.29, 0.717) is 19.3 Å². The molecule has 0 saturated heterocycles. The minimum atomic E-state index is -3.61. The zero-order chi connectivity index (χ0) is 29.6. The van der Waals surface area contributed by atoms with Gasteiger partial charge in [-0.3, -0.25) is 28.0 Å². The predicted octanol–water partition coefficient (Wildman–Crippen LogP) is 3.96. The SMILES string of the molecule is CCc1ccc(Nc2c3c(=O)n(C4CC4)c(=O)n(-c4cccc(NS(=O)(=O)CC)c4)c3c(CC)c(=O)n2C)c(F)c1. The normalized spacial score (nSPS) is 13.5. The number of aromatic nitrogens is 3. The van der Waals surface area contributed by atoms with Crippen LogP contribution in [0.25, 0.3) is 16.6 Å². The quantitative estimate of drug-likeness (QED) is 0.309. The lowest BCUT2D eigenvalue weighted by Gasteiger charge is -2.21. The molecular formula is C29H32FN5O5S. The number of fused-ring (bicyclic) bond motifs is 1. The molecule has 10 nitrogen and oxygen atoms in total. The summed E-state index contributed by atoms with van der Waals surface area (Å²) in [5.41, 5.74) is 0.0404. The molecule has 1 saturated carbocycles. The minimum absolute atomic E-state index is 0.0568. The van der Waals surface area contributed by atoms with E-state index in [-0.39, 0.29) is 57.6 Å². The third kappa shape index (κ3) is 5.08. The standard InChI is InChI=1S/C29H32FN5O5S/c1-5-17-11-14-23(22(30)15-17)31-26-24-25(21(6-2)27(36)33(26)4)34(29(38)35(28(24)37)19-12-13-19)20-10-8-9-18(16-20)32-41(39,40)7-3/h8-11,14-16,19,31-32H,5-7,12-13H2,1-4H3. The lowest BCUT2D eigenvalue weighted by atomic mass is 10.1. The second kappa shape index (κ2) is 10.7. The van der Waals surface area contributed by atoms with Crippen LogP contribution in [0.3, 0.4) is 0 Å². The van der Waals surface area contributed by atoms with E-state index in [0.717, 1.165) is 5.56 Å². The molecule has 1 aliphatic rings. The fourth-order valence-electron chi connectivity index (χ4n) is 5.02. The zero-order valence-corrected chi connectivity index (χ0v) is 24.1. The van der Waals surface area contributed by atoms with E-state index in [1.807, 2.05) is 6.92 Å². The Labute approximate surface area is 236 Å². The zero-order valence-electron chi connectivity index (χ0n) is 23.3. The van der Waals surface area contributed by atoms with Gasteiger partial charge in [0.2, 0.25) is 10.0 Å². The number of aryl methyl sites for hydroxylation is 2. The highest BCUT2D eigenvalue weighted by Gasteiger charge is 2.32. The highest BCUT2D eigenvalue weighted by Crippen LogP contribution is 2.34. The summed E-state index contributed by atoms with van der Waals surface area (Å²) in [6.07, 6.45) is 2.12. The third-order valence-corrected chi connectivity index (χ3v) is 8.74. The van der Waals surface area contributed by atoms with Crippen molar-refractivity contribution >= 4 is 38.1 Å². The van der Waals surface area contributed by atoms with Crippen LogP contribution in [0.15, 0.2) is 56.8 Å². The molecule has 0 radical (unpaired) electrons.